The summed E-state index contributed by atoms with van der Waals surface area (Å²) in [7, 11) is 3.89. The molecule has 0 bridgehead atoms. The van der Waals surface area contributed by atoms with Crippen molar-refractivity contribution in [3.05, 3.63) is 34.6 Å². The molecular weight excluding hydrogens is 279 g/mol. The molecule has 5 heteroatoms. The number of hydrogen-bond donors (Lipinski definition) is 0. The molecule has 0 aromatic heterocycles. The molecule has 1 aliphatic rings. The molecule has 110 valence electrons. The number of likely N-dealkylation sites (tertiary alicyclic amines) is 1. The summed E-state index contributed by atoms with van der Waals surface area (Å²) in [5, 5.41) is 0.169. The minimum atomic E-state index is -0.429. The second-order valence-corrected chi connectivity index (χ2v) is 6.04. The van der Waals surface area contributed by atoms with Gasteiger partial charge in [0.05, 0.1) is 10.6 Å². The molecule has 0 spiro atoms. The fourth-order valence-electron chi connectivity index (χ4n) is 2.92. The second-order valence-electron chi connectivity index (χ2n) is 5.64. The number of piperidine rings is 1. The number of carbonyl (C=O) groups excluding carboxylic acids is 1. The summed E-state index contributed by atoms with van der Waals surface area (Å²) in [6.45, 7) is 4.10. The zero-order chi connectivity index (χ0) is 14.9. The van der Waals surface area contributed by atoms with Gasteiger partial charge in [0.25, 0.3) is 5.91 Å². The SMILES string of the molecule is C[C@@H]1CN(C)CC[C@@H]1N(C)C(=O)c1ccc(F)cc1Cl. The summed E-state index contributed by atoms with van der Waals surface area (Å²) >= 11 is 5.97. The molecule has 0 radical (unpaired) electrons. The van der Waals surface area contributed by atoms with Crippen molar-refractivity contribution in [2.75, 3.05) is 27.2 Å². The lowest BCUT2D eigenvalue weighted by atomic mass is 9.92. The van der Waals surface area contributed by atoms with Gasteiger partial charge in [-0.1, -0.05) is 18.5 Å². The highest BCUT2D eigenvalue weighted by molar-refractivity contribution is 6.33. The van der Waals surface area contributed by atoms with Crippen LogP contribution in [0.3, 0.4) is 0 Å². The number of halogens is 2. The molecule has 1 heterocycles. The van der Waals surface area contributed by atoms with Crippen molar-refractivity contribution in [3.63, 3.8) is 0 Å². The fraction of sp³-hybridized carbons (Fsp3) is 0.533. The Balaban J connectivity index is 2.16. The Morgan fingerprint density at radius 1 is 1.50 bits per heavy atom. The van der Waals surface area contributed by atoms with Gasteiger partial charge < -0.3 is 9.80 Å². The molecule has 1 aliphatic heterocycles. The van der Waals surface area contributed by atoms with Crippen molar-refractivity contribution < 1.29 is 9.18 Å². The Bertz CT molecular complexity index is 509. The number of nitrogens with zero attached hydrogens (tertiary/aromatic N) is 2. The third-order valence-corrected chi connectivity index (χ3v) is 4.36. The van der Waals surface area contributed by atoms with Crippen LogP contribution in [0.2, 0.25) is 5.02 Å². The maximum atomic E-state index is 13.1. The van der Waals surface area contributed by atoms with Crippen LogP contribution in [0.4, 0.5) is 4.39 Å². The minimum Gasteiger partial charge on any atom is -0.338 e. The molecule has 1 aromatic carbocycles. The Labute approximate surface area is 124 Å². The molecule has 2 rings (SSSR count). The van der Waals surface area contributed by atoms with Crippen molar-refractivity contribution in [3.8, 4) is 0 Å². The van der Waals surface area contributed by atoms with E-state index in [4.69, 9.17) is 11.6 Å². The van der Waals surface area contributed by atoms with E-state index in [-0.39, 0.29) is 17.0 Å². The van der Waals surface area contributed by atoms with Crippen LogP contribution in [0, 0.1) is 11.7 Å². The number of carbonyl (C=O) groups is 1. The van der Waals surface area contributed by atoms with E-state index in [2.05, 4.69) is 18.9 Å². The van der Waals surface area contributed by atoms with Crippen LogP contribution >= 0.6 is 11.6 Å². The third-order valence-electron chi connectivity index (χ3n) is 4.04. The van der Waals surface area contributed by atoms with Gasteiger partial charge >= 0.3 is 0 Å². The van der Waals surface area contributed by atoms with Crippen LogP contribution in [0.15, 0.2) is 18.2 Å². The average Bonchev–Trinajstić information content (AvgIpc) is 2.37. The molecule has 3 nitrogen and oxygen atoms in total. The van der Waals surface area contributed by atoms with E-state index in [1.54, 1.807) is 11.9 Å². The Morgan fingerprint density at radius 2 is 2.20 bits per heavy atom. The van der Waals surface area contributed by atoms with Crippen LogP contribution < -0.4 is 0 Å². The van der Waals surface area contributed by atoms with E-state index in [1.807, 2.05) is 0 Å². The summed E-state index contributed by atoms with van der Waals surface area (Å²) in [6, 6.07) is 4.10. The monoisotopic (exact) mass is 298 g/mol. The van der Waals surface area contributed by atoms with Gasteiger partial charge in [0.1, 0.15) is 5.82 Å². The van der Waals surface area contributed by atoms with E-state index in [0.717, 1.165) is 19.5 Å². The van der Waals surface area contributed by atoms with E-state index >= 15 is 0 Å². The van der Waals surface area contributed by atoms with Gasteiger partial charge in [-0.05, 0) is 44.1 Å². The van der Waals surface area contributed by atoms with Gasteiger partial charge in [-0.2, -0.15) is 0 Å². The molecule has 1 saturated heterocycles. The highest BCUT2D eigenvalue weighted by atomic mass is 35.5. The summed E-state index contributed by atoms with van der Waals surface area (Å²) in [5.74, 6) is -0.166. The quantitative estimate of drug-likeness (QED) is 0.838. The number of benzene rings is 1. The summed E-state index contributed by atoms with van der Waals surface area (Å²) in [5.41, 5.74) is 0.363. The van der Waals surface area contributed by atoms with E-state index in [1.165, 1.54) is 18.2 Å². The summed E-state index contributed by atoms with van der Waals surface area (Å²) in [6.07, 6.45) is 0.943. The second kappa shape index (κ2) is 6.10. The smallest absolute Gasteiger partial charge is 0.255 e. The highest BCUT2D eigenvalue weighted by Crippen LogP contribution is 2.24. The first-order valence-corrected chi connectivity index (χ1v) is 7.18. The molecule has 1 aromatic rings. The van der Waals surface area contributed by atoms with Crippen LogP contribution in [0.5, 0.6) is 0 Å². The van der Waals surface area contributed by atoms with Crippen molar-refractivity contribution in [1.82, 2.24) is 9.80 Å². The first-order valence-electron chi connectivity index (χ1n) is 6.81. The average molecular weight is 299 g/mol. The van der Waals surface area contributed by atoms with E-state index in [0.29, 0.717) is 11.5 Å². The standard InChI is InChI=1S/C15H20ClFN2O/c1-10-9-18(2)7-6-14(10)19(3)15(20)12-5-4-11(17)8-13(12)16/h4-5,8,10,14H,6-7,9H2,1-3H3/t10-,14+/m1/s1. The van der Waals surface area contributed by atoms with Gasteiger partial charge in [-0.15, -0.1) is 0 Å². The minimum absolute atomic E-state index is 0.142. The highest BCUT2D eigenvalue weighted by Gasteiger charge is 2.30. The van der Waals surface area contributed by atoms with Gasteiger partial charge in [0.2, 0.25) is 0 Å². The van der Waals surface area contributed by atoms with Gasteiger partial charge in [0, 0.05) is 19.6 Å². The molecular formula is C15H20ClFN2O. The summed E-state index contributed by atoms with van der Waals surface area (Å²) < 4.78 is 13.1. The number of hydrogen-bond acceptors (Lipinski definition) is 2. The maximum Gasteiger partial charge on any atom is 0.255 e. The molecule has 0 aliphatic carbocycles. The number of rotatable bonds is 2. The largest absolute Gasteiger partial charge is 0.338 e. The zero-order valence-corrected chi connectivity index (χ0v) is 12.8. The molecule has 2 atom stereocenters. The molecule has 1 amide bonds. The molecule has 0 saturated carbocycles. The topological polar surface area (TPSA) is 23.6 Å². The molecule has 0 N–H and O–H groups in total. The number of amides is 1. The van der Waals surface area contributed by atoms with Crippen LogP contribution in [0.25, 0.3) is 0 Å². The Hall–Kier alpha value is -1.13. The Kier molecular flexibility index (Phi) is 4.66. The lowest BCUT2D eigenvalue weighted by Gasteiger charge is -2.40. The molecule has 0 unspecified atom stereocenters. The van der Waals surface area contributed by atoms with Crippen LogP contribution in [-0.2, 0) is 0 Å². The van der Waals surface area contributed by atoms with Crippen molar-refractivity contribution in [2.24, 2.45) is 5.92 Å². The predicted octanol–water partition coefficient (Wildman–Crippen LogP) is 2.89. The third kappa shape index (κ3) is 3.13. The van der Waals surface area contributed by atoms with E-state index < -0.39 is 5.82 Å². The van der Waals surface area contributed by atoms with E-state index in [9.17, 15) is 9.18 Å². The van der Waals surface area contributed by atoms with Gasteiger partial charge in [-0.25, -0.2) is 4.39 Å². The maximum absolute atomic E-state index is 13.1. The van der Waals surface area contributed by atoms with Crippen LogP contribution in [-0.4, -0.2) is 48.9 Å². The normalized spacial score (nSPS) is 23.6. The molecule has 1 fully saturated rings. The van der Waals surface area contributed by atoms with Gasteiger partial charge in [0.15, 0.2) is 0 Å². The predicted molar refractivity (Wildman–Crippen MR) is 78.6 cm³/mol. The Morgan fingerprint density at radius 3 is 2.80 bits per heavy atom. The van der Waals surface area contributed by atoms with Crippen molar-refractivity contribution in [2.45, 2.75) is 19.4 Å². The van der Waals surface area contributed by atoms with Gasteiger partial charge in [-0.3, -0.25) is 4.79 Å². The first-order chi connectivity index (χ1) is 9.40. The van der Waals surface area contributed by atoms with Crippen molar-refractivity contribution >= 4 is 17.5 Å². The molecule has 20 heavy (non-hydrogen) atoms. The van der Waals surface area contributed by atoms with Crippen LogP contribution in [0.1, 0.15) is 23.7 Å². The lowest BCUT2D eigenvalue weighted by Crippen LogP contribution is -2.49. The summed E-state index contributed by atoms with van der Waals surface area (Å²) in [4.78, 5) is 16.5. The van der Waals surface area contributed by atoms with Crippen molar-refractivity contribution in [1.29, 1.82) is 0 Å². The fourth-order valence-corrected chi connectivity index (χ4v) is 3.17. The first kappa shape index (κ1) is 15.3. The lowest BCUT2D eigenvalue weighted by molar-refractivity contribution is 0.0549. The zero-order valence-electron chi connectivity index (χ0n) is 12.1.